The highest BCUT2D eigenvalue weighted by atomic mass is 16.6. The predicted octanol–water partition coefficient (Wildman–Crippen LogP) is 2.38. The summed E-state index contributed by atoms with van der Waals surface area (Å²) in [6.45, 7) is 2.61. The summed E-state index contributed by atoms with van der Waals surface area (Å²) in [5.41, 5.74) is -0.683. The molecule has 0 aliphatic rings. The van der Waals surface area contributed by atoms with Gasteiger partial charge in [-0.25, -0.2) is 4.79 Å². The molecule has 0 N–H and O–H groups in total. The number of nitrogens with zero attached hydrogens (tertiary/aromatic N) is 2. The standard InChI is InChI=1S/C17H18N2O6/c1-3-7-25-14-6-4-5-12(8-14)10-18-11-13(19(22)23)9-15(16(18)20)17(21)24-2/h4-6,8-9,11H,3,7,10H2,1-2H3. The smallest absolute Gasteiger partial charge is 0.343 e. The van der Waals surface area contributed by atoms with E-state index >= 15 is 0 Å². The van der Waals surface area contributed by atoms with Crippen LogP contribution in [0.3, 0.4) is 0 Å². The minimum absolute atomic E-state index is 0.0633. The first-order chi connectivity index (χ1) is 12.0. The highest BCUT2D eigenvalue weighted by molar-refractivity contribution is 5.89. The van der Waals surface area contributed by atoms with Crippen molar-refractivity contribution in [3.63, 3.8) is 0 Å². The predicted molar refractivity (Wildman–Crippen MR) is 90.0 cm³/mol. The van der Waals surface area contributed by atoms with E-state index in [0.29, 0.717) is 17.9 Å². The molecular weight excluding hydrogens is 328 g/mol. The van der Waals surface area contributed by atoms with Crippen LogP contribution in [0.5, 0.6) is 5.75 Å². The minimum Gasteiger partial charge on any atom is -0.494 e. The molecule has 0 aliphatic heterocycles. The maximum absolute atomic E-state index is 12.4. The molecule has 1 aromatic carbocycles. The summed E-state index contributed by atoms with van der Waals surface area (Å²) >= 11 is 0. The first-order valence-electron chi connectivity index (χ1n) is 7.65. The Balaban J connectivity index is 2.41. The molecule has 0 spiro atoms. The quantitative estimate of drug-likeness (QED) is 0.433. The summed E-state index contributed by atoms with van der Waals surface area (Å²) in [7, 11) is 1.11. The van der Waals surface area contributed by atoms with Gasteiger partial charge in [-0.2, -0.15) is 0 Å². The lowest BCUT2D eigenvalue weighted by Gasteiger charge is -2.10. The van der Waals surface area contributed by atoms with E-state index in [2.05, 4.69) is 4.74 Å². The van der Waals surface area contributed by atoms with Gasteiger partial charge in [-0.1, -0.05) is 19.1 Å². The molecule has 2 aromatic rings. The van der Waals surface area contributed by atoms with Crippen molar-refractivity contribution >= 4 is 11.7 Å². The Hall–Kier alpha value is -3.16. The van der Waals surface area contributed by atoms with Gasteiger partial charge in [-0.05, 0) is 24.1 Å². The van der Waals surface area contributed by atoms with Gasteiger partial charge in [-0.3, -0.25) is 14.9 Å². The number of aromatic nitrogens is 1. The molecule has 8 nitrogen and oxygen atoms in total. The Morgan fingerprint density at radius 3 is 2.72 bits per heavy atom. The van der Waals surface area contributed by atoms with E-state index in [9.17, 15) is 19.7 Å². The lowest BCUT2D eigenvalue weighted by atomic mass is 10.2. The number of carbonyl (C=O) groups excluding carboxylic acids is 1. The Bertz CT molecular complexity index is 843. The number of benzene rings is 1. The molecule has 0 aliphatic carbocycles. The number of esters is 1. The second-order valence-corrected chi connectivity index (χ2v) is 5.29. The Labute approximate surface area is 143 Å². The Kier molecular flexibility index (Phi) is 5.89. The zero-order chi connectivity index (χ0) is 18.4. The van der Waals surface area contributed by atoms with Crippen molar-refractivity contribution < 1.29 is 19.2 Å². The van der Waals surface area contributed by atoms with Gasteiger partial charge in [-0.15, -0.1) is 0 Å². The third-order valence-corrected chi connectivity index (χ3v) is 3.41. The van der Waals surface area contributed by atoms with E-state index in [1.54, 1.807) is 24.3 Å². The number of nitro groups is 1. The molecule has 0 saturated carbocycles. The van der Waals surface area contributed by atoms with E-state index in [0.717, 1.165) is 30.4 Å². The van der Waals surface area contributed by atoms with E-state index in [1.165, 1.54) is 0 Å². The highest BCUT2D eigenvalue weighted by Gasteiger charge is 2.19. The number of rotatable bonds is 7. The number of hydrogen-bond donors (Lipinski definition) is 0. The van der Waals surface area contributed by atoms with Gasteiger partial charge in [0.1, 0.15) is 11.3 Å². The fourth-order valence-electron chi connectivity index (χ4n) is 2.24. The van der Waals surface area contributed by atoms with Gasteiger partial charge in [0.2, 0.25) is 0 Å². The number of ether oxygens (including phenoxy) is 2. The fraction of sp³-hybridized carbons (Fsp3) is 0.294. The van der Waals surface area contributed by atoms with Gasteiger partial charge in [0.25, 0.3) is 11.2 Å². The molecule has 0 fully saturated rings. The summed E-state index contributed by atoms with van der Waals surface area (Å²) in [4.78, 5) is 34.5. The van der Waals surface area contributed by atoms with Crippen molar-refractivity contribution in [2.45, 2.75) is 19.9 Å². The molecule has 0 bridgehead atoms. The van der Waals surface area contributed by atoms with Crippen molar-refractivity contribution in [1.82, 2.24) is 4.57 Å². The Morgan fingerprint density at radius 2 is 2.08 bits per heavy atom. The molecule has 8 heteroatoms. The topological polar surface area (TPSA) is 101 Å². The molecule has 0 amide bonds. The van der Waals surface area contributed by atoms with Crippen LogP contribution >= 0.6 is 0 Å². The number of hydrogen-bond acceptors (Lipinski definition) is 6. The van der Waals surface area contributed by atoms with E-state index in [-0.39, 0.29) is 17.8 Å². The van der Waals surface area contributed by atoms with E-state index in [4.69, 9.17) is 4.74 Å². The van der Waals surface area contributed by atoms with Crippen molar-refractivity contribution in [3.05, 3.63) is 68.1 Å². The number of methoxy groups -OCH3 is 1. The molecule has 25 heavy (non-hydrogen) atoms. The van der Waals surface area contributed by atoms with E-state index < -0.39 is 16.5 Å². The van der Waals surface area contributed by atoms with Gasteiger partial charge < -0.3 is 14.0 Å². The van der Waals surface area contributed by atoms with Crippen molar-refractivity contribution in [1.29, 1.82) is 0 Å². The van der Waals surface area contributed by atoms with Crippen molar-refractivity contribution in [2.24, 2.45) is 0 Å². The lowest BCUT2D eigenvalue weighted by Crippen LogP contribution is -2.27. The minimum atomic E-state index is -0.914. The SMILES string of the molecule is CCCOc1cccc(Cn2cc([N+](=O)[O-])cc(C(=O)OC)c2=O)c1. The fourth-order valence-corrected chi connectivity index (χ4v) is 2.24. The molecule has 0 atom stereocenters. The first-order valence-corrected chi connectivity index (χ1v) is 7.65. The molecule has 0 radical (unpaired) electrons. The maximum Gasteiger partial charge on any atom is 0.343 e. The molecule has 0 unspecified atom stereocenters. The highest BCUT2D eigenvalue weighted by Crippen LogP contribution is 2.16. The second kappa shape index (κ2) is 8.09. The summed E-state index contributed by atoms with van der Waals surface area (Å²) in [6.07, 6.45) is 1.96. The Morgan fingerprint density at radius 1 is 1.32 bits per heavy atom. The first kappa shape index (κ1) is 18.2. The number of pyridine rings is 1. The summed E-state index contributed by atoms with van der Waals surface area (Å²) in [5.74, 6) is -0.270. The average Bonchev–Trinajstić information content (AvgIpc) is 2.61. The monoisotopic (exact) mass is 346 g/mol. The van der Waals surface area contributed by atoms with Gasteiger partial charge in [0.15, 0.2) is 0 Å². The average molecular weight is 346 g/mol. The van der Waals surface area contributed by atoms with Gasteiger partial charge in [0.05, 0.1) is 31.4 Å². The van der Waals surface area contributed by atoms with Crippen LogP contribution in [-0.4, -0.2) is 29.2 Å². The van der Waals surface area contributed by atoms with Crippen LogP contribution < -0.4 is 10.3 Å². The second-order valence-electron chi connectivity index (χ2n) is 5.29. The van der Waals surface area contributed by atoms with Crippen molar-refractivity contribution in [3.8, 4) is 5.75 Å². The summed E-state index contributed by atoms with van der Waals surface area (Å²) < 4.78 is 11.2. The zero-order valence-electron chi connectivity index (χ0n) is 13.9. The van der Waals surface area contributed by atoms with Crippen molar-refractivity contribution in [2.75, 3.05) is 13.7 Å². The van der Waals surface area contributed by atoms with Crippen LogP contribution in [0.25, 0.3) is 0 Å². The van der Waals surface area contributed by atoms with Crippen LogP contribution in [0.1, 0.15) is 29.3 Å². The number of carbonyl (C=O) groups is 1. The lowest BCUT2D eigenvalue weighted by molar-refractivity contribution is -0.385. The van der Waals surface area contributed by atoms with Crippen LogP contribution in [0.4, 0.5) is 5.69 Å². The summed E-state index contributed by atoms with van der Waals surface area (Å²) in [6, 6.07) is 7.99. The van der Waals surface area contributed by atoms with Crippen LogP contribution in [0.2, 0.25) is 0 Å². The maximum atomic E-state index is 12.4. The largest absolute Gasteiger partial charge is 0.494 e. The molecule has 1 aromatic heterocycles. The molecule has 2 rings (SSSR count). The summed E-state index contributed by atoms with van der Waals surface area (Å²) in [5, 5.41) is 11.1. The third-order valence-electron chi connectivity index (χ3n) is 3.41. The van der Waals surface area contributed by atoms with Crippen LogP contribution in [-0.2, 0) is 11.3 Å². The molecule has 132 valence electrons. The zero-order valence-corrected chi connectivity index (χ0v) is 13.9. The van der Waals surface area contributed by atoms with Gasteiger partial charge in [0, 0.05) is 6.07 Å². The third kappa shape index (κ3) is 4.43. The van der Waals surface area contributed by atoms with E-state index in [1.807, 2.05) is 6.92 Å². The molecular formula is C17H18N2O6. The van der Waals surface area contributed by atoms with Crippen LogP contribution in [0, 0.1) is 10.1 Å². The normalized spacial score (nSPS) is 10.3. The molecule has 0 saturated heterocycles. The van der Waals surface area contributed by atoms with Crippen LogP contribution in [0.15, 0.2) is 41.3 Å². The molecule has 1 heterocycles. The van der Waals surface area contributed by atoms with Gasteiger partial charge >= 0.3 is 5.97 Å².